The predicted molar refractivity (Wildman–Crippen MR) is 80.4 cm³/mol. The molecule has 5 heteroatoms. The van der Waals surface area contributed by atoms with Gasteiger partial charge in [0.25, 0.3) is 0 Å². The van der Waals surface area contributed by atoms with Crippen molar-refractivity contribution in [2.75, 3.05) is 39.8 Å². The number of rotatable bonds is 7. The Morgan fingerprint density at radius 2 is 1.95 bits per heavy atom. The standard InChI is InChI=1S/C15H29N3O2/c1-4-17(5-2)14(19)8-9-15(20)18-10-6-7-13(12-18)11-16-3/h13,16H,4-12H2,1-3H3. The van der Waals surface area contributed by atoms with Crippen molar-refractivity contribution in [1.29, 1.82) is 0 Å². The second-order valence-electron chi connectivity index (χ2n) is 5.47. The first-order chi connectivity index (χ1) is 9.62. The molecule has 2 amide bonds. The van der Waals surface area contributed by atoms with Gasteiger partial charge in [0, 0.05) is 39.0 Å². The molecule has 0 saturated carbocycles. The molecule has 1 unspecified atom stereocenters. The van der Waals surface area contributed by atoms with Crippen LogP contribution in [0.5, 0.6) is 0 Å². The number of nitrogens with zero attached hydrogens (tertiary/aromatic N) is 2. The van der Waals surface area contributed by atoms with Gasteiger partial charge in [0.1, 0.15) is 0 Å². The Morgan fingerprint density at radius 1 is 1.25 bits per heavy atom. The molecule has 0 aromatic heterocycles. The van der Waals surface area contributed by atoms with E-state index in [4.69, 9.17) is 0 Å². The summed E-state index contributed by atoms with van der Waals surface area (Å²) in [5.41, 5.74) is 0. The largest absolute Gasteiger partial charge is 0.343 e. The molecule has 0 spiro atoms. The average Bonchev–Trinajstić information content (AvgIpc) is 2.46. The molecule has 116 valence electrons. The van der Waals surface area contributed by atoms with Crippen LogP contribution < -0.4 is 5.32 Å². The molecule has 0 bridgehead atoms. The van der Waals surface area contributed by atoms with E-state index in [1.165, 1.54) is 6.42 Å². The molecule has 1 saturated heterocycles. The van der Waals surface area contributed by atoms with Gasteiger partial charge in [-0.15, -0.1) is 0 Å². The van der Waals surface area contributed by atoms with E-state index in [0.717, 1.165) is 39.1 Å². The molecule has 1 fully saturated rings. The summed E-state index contributed by atoms with van der Waals surface area (Å²) >= 11 is 0. The Morgan fingerprint density at radius 3 is 2.55 bits per heavy atom. The van der Waals surface area contributed by atoms with Crippen LogP contribution >= 0.6 is 0 Å². The summed E-state index contributed by atoms with van der Waals surface area (Å²) in [6.45, 7) is 8.02. The van der Waals surface area contributed by atoms with E-state index < -0.39 is 0 Å². The van der Waals surface area contributed by atoms with Gasteiger partial charge < -0.3 is 15.1 Å². The Labute approximate surface area is 122 Å². The van der Waals surface area contributed by atoms with Crippen LogP contribution in [0.15, 0.2) is 0 Å². The quantitative estimate of drug-likeness (QED) is 0.761. The summed E-state index contributed by atoms with van der Waals surface area (Å²) in [5, 5.41) is 3.18. The smallest absolute Gasteiger partial charge is 0.223 e. The second kappa shape index (κ2) is 8.95. The molecule has 1 atom stereocenters. The minimum Gasteiger partial charge on any atom is -0.343 e. The third-order valence-corrected chi connectivity index (χ3v) is 4.03. The molecule has 0 radical (unpaired) electrons. The number of likely N-dealkylation sites (tertiary alicyclic amines) is 1. The van der Waals surface area contributed by atoms with Gasteiger partial charge in [-0.1, -0.05) is 0 Å². The van der Waals surface area contributed by atoms with Crippen LogP contribution in [0.4, 0.5) is 0 Å². The fraction of sp³-hybridized carbons (Fsp3) is 0.867. The van der Waals surface area contributed by atoms with Crippen molar-refractivity contribution in [3.63, 3.8) is 0 Å². The lowest BCUT2D eigenvalue weighted by molar-refractivity contribution is -0.137. The van der Waals surface area contributed by atoms with E-state index in [1.807, 2.05) is 25.8 Å². The molecule has 0 aliphatic carbocycles. The third kappa shape index (κ3) is 5.12. The van der Waals surface area contributed by atoms with Gasteiger partial charge in [-0.25, -0.2) is 0 Å². The van der Waals surface area contributed by atoms with Crippen molar-refractivity contribution in [1.82, 2.24) is 15.1 Å². The Hall–Kier alpha value is -1.10. The molecule has 0 aromatic carbocycles. The SMILES string of the molecule is CCN(CC)C(=O)CCC(=O)N1CCCC(CNC)C1. The molecule has 1 heterocycles. The number of amides is 2. The topological polar surface area (TPSA) is 52.7 Å². The van der Waals surface area contributed by atoms with Crippen molar-refractivity contribution in [3.05, 3.63) is 0 Å². The monoisotopic (exact) mass is 283 g/mol. The number of carbonyl (C=O) groups is 2. The molecule has 1 rings (SSSR count). The summed E-state index contributed by atoms with van der Waals surface area (Å²) < 4.78 is 0. The fourth-order valence-electron chi connectivity index (χ4n) is 2.85. The maximum Gasteiger partial charge on any atom is 0.223 e. The van der Waals surface area contributed by atoms with Gasteiger partial charge >= 0.3 is 0 Å². The van der Waals surface area contributed by atoms with E-state index in [2.05, 4.69) is 5.32 Å². The van der Waals surface area contributed by atoms with Gasteiger partial charge in [-0.2, -0.15) is 0 Å². The van der Waals surface area contributed by atoms with Crippen molar-refractivity contribution in [3.8, 4) is 0 Å². The van der Waals surface area contributed by atoms with Crippen LogP contribution in [0.25, 0.3) is 0 Å². The Balaban J connectivity index is 2.36. The molecule has 1 aliphatic rings. The van der Waals surface area contributed by atoms with Gasteiger partial charge in [-0.05, 0) is 46.2 Å². The van der Waals surface area contributed by atoms with E-state index >= 15 is 0 Å². The van der Waals surface area contributed by atoms with Crippen LogP contribution in [0.2, 0.25) is 0 Å². The van der Waals surface area contributed by atoms with Crippen LogP contribution in [-0.2, 0) is 9.59 Å². The Bertz CT molecular complexity index is 314. The molecular weight excluding hydrogens is 254 g/mol. The van der Waals surface area contributed by atoms with Crippen molar-refractivity contribution in [2.24, 2.45) is 5.92 Å². The zero-order chi connectivity index (χ0) is 15.0. The molecule has 1 aliphatic heterocycles. The minimum absolute atomic E-state index is 0.0899. The van der Waals surface area contributed by atoms with Gasteiger partial charge in [0.2, 0.25) is 11.8 Å². The lowest BCUT2D eigenvalue weighted by atomic mass is 9.97. The highest BCUT2D eigenvalue weighted by Crippen LogP contribution is 2.17. The number of carbonyl (C=O) groups excluding carboxylic acids is 2. The van der Waals surface area contributed by atoms with Crippen LogP contribution in [0.1, 0.15) is 39.5 Å². The molecule has 1 N–H and O–H groups in total. The maximum atomic E-state index is 12.2. The summed E-state index contributed by atoms with van der Waals surface area (Å²) in [7, 11) is 1.95. The number of hydrogen-bond donors (Lipinski definition) is 1. The summed E-state index contributed by atoms with van der Waals surface area (Å²) in [6, 6.07) is 0. The summed E-state index contributed by atoms with van der Waals surface area (Å²) in [4.78, 5) is 27.8. The highest BCUT2D eigenvalue weighted by atomic mass is 16.2. The minimum atomic E-state index is 0.0899. The molecule has 5 nitrogen and oxygen atoms in total. The predicted octanol–water partition coefficient (Wildman–Crippen LogP) is 1.09. The first-order valence-electron chi connectivity index (χ1n) is 7.82. The lowest BCUT2D eigenvalue weighted by Crippen LogP contribution is -2.42. The van der Waals surface area contributed by atoms with E-state index in [1.54, 1.807) is 4.90 Å². The van der Waals surface area contributed by atoms with E-state index in [0.29, 0.717) is 18.8 Å². The zero-order valence-electron chi connectivity index (χ0n) is 13.2. The molecule has 20 heavy (non-hydrogen) atoms. The third-order valence-electron chi connectivity index (χ3n) is 4.03. The zero-order valence-corrected chi connectivity index (χ0v) is 13.2. The molecule has 0 aromatic rings. The van der Waals surface area contributed by atoms with Gasteiger partial charge in [0.05, 0.1) is 0 Å². The number of nitrogens with one attached hydrogen (secondary N) is 1. The summed E-state index contributed by atoms with van der Waals surface area (Å²) in [5.74, 6) is 0.773. The van der Waals surface area contributed by atoms with Crippen LogP contribution in [0, 0.1) is 5.92 Å². The van der Waals surface area contributed by atoms with Crippen molar-refractivity contribution >= 4 is 11.8 Å². The number of piperidine rings is 1. The van der Waals surface area contributed by atoms with Crippen LogP contribution in [-0.4, -0.2) is 61.4 Å². The average molecular weight is 283 g/mol. The lowest BCUT2D eigenvalue weighted by Gasteiger charge is -2.33. The summed E-state index contributed by atoms with van der Waals surface area (Å²) in [6.07, 6.45) is 2.94. The van der Waals surface area contributed by atoms with Crippen molar-refractivity contribution in [2.45, 2.75) is 39.5 Å². The molecular formula is C15H29N3O2. The Kier molecular flexibility index (Phi) is 7.59. The van der Waals surface area contributed by atoms with Crippen molar-refractivity contribution < 1.29 is 9.59 Å². The number of hydrogen-bond acceptors (Lipinski definition) is 3. The van der Waals surface area contributed by atoms with Gasteiger partial charge in [-0.3, -0.25) is 9.59 Å². The van der Waals surface area contributed by atoms with E-state index in [9.17, 15) is 9.59 Å². The first-order valence-corrected chi connectivity index (χ1v) is 7.82. The highest BCUT2D eigenvalue weighted by molar-refractivity contribution is 5.83. The highest BCUT2D eigenvalue weighted by Gasteiger charge is 2.23. The second-order valence-corrected chi connectivity index (χ2v) is 5.47. The van der Waals surface area contributed by atoms with E-state index in [-0.39, 0.29) is 11.8 Å². The van der Waals surface area contributed by atoms with Gasteiger partial charge in [0.15, 0.2) is 0 Å². The fourth-order valence-corrected chi connectivity index (χ4v) is 2.85. The maximum absolute atomic E-state index is 12.2. The van der Waals surface area contributed by atoms with Crippen LogP contribution in [0.3, 0.4) is 0 Å². The first kappa shape index (κ1) is 17.0. The normalized spacial score (nSPS) is 18.9.